The van der Waals surface area contributed by atoms with Crippen molar-refractivity contribution in [2.45, 2.75) is 31.6 Å². The van der Waals surface area contributed by atoms with Gasteiger partial charge in [0.05, 0.1) is 12.6 Å². The summed E-state index contributed by atoms with van der Waals surface area (Å²) in [5.41, 5.74) is 0.705. The molecule has 0 bridgehead atoms. The fourth-order valence-electron chi connectivity index (χ4n) is 2.59. The van der Waals surface area contributed by atoms with E-state index in [1.807, 2.05) is 30.3 Å². The average molecular weight is 357 g/mol. The molecular weight excluding hydrogens is 337 g/mol. The van der Waals surface area contributed by atoms with Crippen LogP contribution in [0.2, 0.25) is 0 Å². The molecule has 2 aromatic rings. The number of hydrogen-bond acceptors (Lipinski definition) is 4. The van der Waals surface area contributed by atoms with E-state index in [0.717, 1.165) is 11.1 Å². The van der Waals surface area contributed by atoms with Gasteiger partial charge in [0.25, 0.3) is 0 Å². The highest BCUT2D eigenvalue weighted by atomic mass is 19.1. The minimum Gasteiger partial charge on any atom is -0.445 e. The molecular formula is C20H20FNO4. The quantitative estimate of drug-likeness (QED) is 0.774. The van der Waals surface area contributed by atoms with Crippen molar-refractivity contribution in [1.82, 2.24) is 5.32 Å². The van der Waals surface area contributed by atoms with Crippen molar-refractivity contribution in [3.63, 3.8) is 0 Å². The standard InChI is InChI=1S/C20H20FNO4/c1-20(13-26-20)18(23)17(11-14-7-9-16(21)10-8-14)22-19(24)25-12-15-5-3-2-4-6-15/h2-10,17H,11-13H2,1H3,(H,22,24)/t17-,20+/m0/s1. The highest BCUT2D eigenvalue weighted by Crippen LogP contribution is 2.29. The van der Waals surface area contributed by atoms with Crippen LogP contribution < -0.4 is 5.32 Å². The number of carbonyl (C=O) groups excluding carboxylic acids is 2. The van der Waals surface area contributed by atoms with E-state index in [0.29, 0.717) is 6.61 Å². The normalized spacial score (nSPS) is 19.5. The fraction of sp³-hybridized carbons (Fsp3) is 0.300. The number of rotatable bonds is 7. The lowest BCUT2D eigenvalue weighted by Gasteiger charge is -2.19. The predicted octanol–water partition coefficient (Wildman–Crippen LogP) is 3.02. The maximum Gasteiger partial charge on any atom is 0.408 e. The third-order valence-electron chi connectivity index (χ3n) is 4.27. The zero-order valence-corrected chi connectivity index (χ0v) is 14.4. The number of hydrogen-bond donors (Lipinski definition) is 1. The van der Waals surface area contributed by atoms with Gasteiger partial charge in [-0.2, -0.15) is 0 Å². The van der Waals surface area contributed by atoms with E-state index in [9.17, 15) is 14.0 Å². The highest BCUT2D eigenvalue weighted by Gasteiger charge is 2.50. The van der Waals surface area contributed by atoms with E-state index in [1.54, 1.807) is 19.1 Å². The van der Waals surface area contributed by atoms with Crippen molar-refractivity contribution >= 4 is 11.9 Å². The number of carbonyl (C=O) groups is 2. The number of halogens is 1. The molecule has 0 radical (unpaired) electrons. The van der Waals surface area contributed by atoms with Crippen molar-refractivity contribution < 1.29 is 23.5 Å². The second-order valence-corrected chi connectivity index (χ2v) is 6.47. The van der Waals surface area contributed by atoms with E-state index >= 15 is 0 Å². The minimum absolute atomic E-state index is 0.109. The van der Waals surface area contributed by atoms with Crippen LogP contribution in [-0.2, 0) is 27.3 Å². The molecule has 0 spiro atoms. The van der Waals surface area contributed by atoms with Crippen molar-refractivity contribution in [2.75, 3.05) is 6.61 Å². The van der Waals surface area contributed by atoms with Gasteiger partial charge in [-0.25, -0.2) is 9.18 Å². The van der Waals surface area contributed by atoms with Crippen molar-refractivity contribution in [1.29, 1.82) is 0 Å². The molecule has 0 aliphatic carbocycles. The van der Waals surface area contributed by atoms with E-state index in [4.69, 9.17) is 9.47 Å². The van der Waals surface area contributed by atoms with Crippen LogP contribution in [0.25, 0.3) is 0 Å². The minimum atomic E-state index is -0.878. The van der Waals surface area contributed by atoms with Gasteiger partial charge in [0.1, 0.15) is 18.0 Å². The molecule has 1 heterocycles. The molecule has 0 unspecified atom stereocenters. The Hall–Kier alpha value is -2.73. The first-order chi connectivity index (χ1) is 12.5. The van der Waals surface area contributed by atoms with Crippen LogP contribution >= 0.6 is 0 Å². The smallest absolute Gasteiger partial charge is 0.408 e. The first-order valence-corrected chi connectivity index (χ1v) is 8.36. The molecule has 1 aliphatic heterocycles. The second kappa shape index (κ2) is 7.66. The predicted molar refractivity (Wildman–Crippen MR) is 93.0 cm³/mol. The summed E-state index contributed by atoms with van der Waals surface area (Å²) in [4.78, 5) is 24.8. The Kier molecular flexibility index (Phi) is 5.32. The average Bonchev–Trinajstić information content (AvgIpc) is 3.40. The highest BCUT2D eigenvalue weighted by molar-refractivity contribution is 5.95. The molecule has 3 rings (SSSR count). The lowest BCUT2D eigenvalue weighted by molar-refractivity contribution is -0.125. The Balaban J connectivity index is 1.63. The number of ketones is 1. The summed E-state index contributed by atoms with van der Waals surface area (Å²) >= 11 is 0. The van der Waals surface area contributed by atoms with Crippen LogP contribution in [0.15, 0.2) is 54.6 Å². The summed E-state index contributed by atoms with van der Waals surface area (Å²) in [5.74, 6) is -0.581. The number of ether oxygens (including phenoxy) is 2. The van der Waals surface area contributed by atoms with Gasteiger partial charge >= 0.3 is 6.09 Å². The molecule has 136 valence electrons. The molecule has 6 heteroatoms. The summed E-state index contributed by atoms with van der Waals surface area (Å²) in [6.45, 7) is 2.12. The lowest BCUT2D eigenvalue weighted by atomic mass is 9.95. The number of benzene rings is 2. The van der Waals surface area contributed by atoms with Crippen LogP contribution in [0.5, 0.6) is 0 Å². The van der Waals surface area contributed by atoms with Crippen molar-refractivity contribution in [3.05, 3.63) is 71.5 Å². The SMILES string of the molecule is C[C@]1(C(=O)[C@H](Cc2ccc(F)cc2)NC(=O)OCc2ccccc2)CO1. The Morgan fingerprint density at radius 1 is 1.15 bits per heavy atom. The van der Waals surface area contributed by atoms with Crippen LogP contribution in [-0.4, -0.2) is 30.1 Å². The summed E-state index contributed by atoms with van der Waals surface area (Å²) in [6.07, 6.45) is -0.447. The zero-order chi connectivity index (χ0) is 18.6. The van der Waals surface area contributed by atoms with Gasteiger partial charge in [0.15, 0.2) is 5.78 Å². The van der Waals surface area contributed by atoms with E-state index in [-0.39, 0.29) is 24.6 Å². The van der Waals surface area contributed by atoms with Gasteiger partial charge in [-0.05, 0) is 36.6 Å². The summed E-state index contributed by atoms with van der Waals surface area (Å²) in [7, 11) is 0. The van der Waals surface area contributed by atoms with Crippen LogP contribution in [0.4, 0.5) is 9.18 Å². The molecule has 1 N–H and O–H groups in total. The number of amides is 1. The van der Waals surface area contributed by atoms with Gasteiger partial charge in [-0.15, -0.1) is 0 Å². The van der Waals surface area contributed by atoms with E-state index in [1.165, 1.54) is 12.1 Å². The summed E-state index contributed by atoms with van der Waals surface area (Å²) < 4.78 is 23.5. The van der Waals surface area contributed by atoms with Crippen LogP contribution in [0.3, 0.4) is 0 Å². The zero-order valence-electron chi connectivity index (χ0n) is 14.4. The number of epoxide rings is 1. The van der Waals surface area contributed by atoms with Gasteiger partial charge in [0.2, 0.25) is 0 Å². The van der Waals surface area contributed by atoms with E-state index < -0.39 is 17.7 Å². The van der Waals surface area contributed by atoms with Gasteiger partial charge in [0, 0.05) is 0 Å². The van der Waals surface area contributed by atoms with Crippen molar-refractivity contribution in [3.8, 4) is 0 Å². The molecule has 1 aliphatic rings. The largest absolute Gasteiger partial charge is 0.445 e. The molecule has 1 saturated heterocycles. The Labute approximate surface area is 151 Å². The summed E-state index contributed by atoms with van der Waals surface area (Å²) in [6, 6.07) is 14.3. The van der Waals surface area contributed by atoms with Crippen LogP contribution in [0.1, 0.15) is 18.1 Å². The molecule has 0 saturated carbocycles. The Morgan fingerprint density at radius 3 is 2.42 bits per heavy atom. The number of Topliss-reactive ketones (excluding diaryl/α,β-unsaturated/α-hetero) is 1. The molecule has 5 nitrogen and oxygen atoms in total. The van der Waals surface area contributed by atoms with Gasteiger partial charge < -0.3 is 14.8 Å². The maximum absolute atomic E-state index is 13.1. The Bertz CT molecular complexity index is 772. The molecule has 2 atom stereocenters. The van der Waals surface area contributed by atoms with E-state index in [2.05, 4.69) is 5.32 Å². The monoisotopic (exact) mass is 357 g/mol. The Morgan fingerprint density at radius 2 is 1.81 bits per heavy atom. The van der Waals surface area contributed by atoms with Gasteiger partial charge in [-0.3, -0.25) is 4.79 Å². The topological polar surface area (TPSA) is 67.9 Å². The summed E-state index contributed by atoms with van der Waals surface area (Å²) in [5, 5.41) is 2.61. The molecule has 26 heavy (non-hydrogen) atoms. The van der Waals surface area contributed by atoms with Crippen LogP contribution in [0, 0.1) is 5.82 Å². The lowest BCUT2D eigenvalue weighted by Crippen LogP contribution is -2.47. The molecule has 1 amide bonds. The molecule has 0 aromatic heterocycles. The third kappa shape index (κ3) is 4.67. The maximum atomic E-state index is 13.1. The molecule has 2 aromatic carbocycles. The second-order valence-electron chi connectivity index (χ2n) is 6.47. The number of nitrogens with one attached hydrogen (secondary N) is 1. The first kappa shape index (κ1) is 18.1. The fourth-order valence-corrected chi connectivity index (χ4v) is 2.59. The number of alkyl carbamates (subject to hydrolysis) is 1. The third-order valence-corrected chi connectivity index (χ3v) is 4.27. The first-order valence-electron chi connectivity index (χ1n) is 8.36. The molecule has 1 fully saturated rings. The van der Waals surface area contributed by atoms with Crippen molar-refractivity contribution in [2.24, 2.45) is 0 Å². The van der Waals surface area contributed by atoms with Gasteiger partial charge in [-0.1, -0.05) is 42.5 Å².